The van der Waals surface area contributed by atoms with Crippen molar-refractivity contribution in [2.45, 2.75) is 32.1 Å². The first-order valence-corrected chi connectivity index (χ1v) is 9.77. The lowest BCUT2D eigenvalue weighted by Crippen LogP contribution is -2.26. The predicted molar refractivity (Wildman–Crippen MR) is 94.1 cm³/mol. The fraction of sp³-hybridized carbons (Fsp3) is 0.412. The molecule has 0 spiro atoms. The van der Waals surface area contributed by atoms with Crippen molar-refractivity contribution in [3.05, 3.63) is 53.3 Å². The van der Waals surface area contributed by atoms with Crippen LogP contribution < -0.4 is 9.62 Å². The molecule has 0 bridgehead atoms. The van der Waals surface area contributed by atoms with Gasteiger partial charge in [0, 0.05) is 19.3 Å². The molecule has 1 aliphatic rings. The highest BCUT2D eigenvalue weighted by atomic mass is 32.2. The first-order valence-electron chi connectivity index (χ1n) is 8.12. The number of hydrogen-bond acceptors (Lipinski definition) is 5. The average Bonchev–Trinajstić information content (AvgIpc) is 3.07. The molecule has 24 heavy (non-hydrogen) atoms. The molecule has 1 aromatic carbocycles. The standard InChI is InChI=1S/C17H22N4O2S/c1-14-5-4-6-15(11-14)13-24(22,23)19-12-16-7-8-18-17(20-16)21-9-2-3-10-21/h4-8,11,19H,2-3,9-10,12-13H2,1H3. The second kappa shape index (κ2) is 7.27. The van der Waals surface area contributed by atoms with E-state index in [9.17, 15) is 8.42 Å². The van der Waals surface area contributed by atoms with Gasteiger partial charge in [-0.25, -0.2) is 23.1 Å². The third-order valence-corrected chi connectivity index (χ3v) is 5.30. The van der Waals surface area contributed by atoms with E-state index in [0.29, 0.717) is 11.6 Å². The van der Waals surface area contributed by atoms with Crippen molar-refractivity contribution in [3.63, 3.8) is 0 Å². The van der Waals surface area contributed by atoms with Gasteiger partial charge in [-0.2, -0.15) is 0 Å². The molecule has 128 valence electrons. The normalized spacial score (nSPS) is 15.0. The minimum atomic E-state index is -3.41. The maximum Gasteiger partial charge on any atom is 0.225 e. The molecule has 0 atom stereocenters. The van der Waals surface area contributed by atoms with Crippen LogP contribution in [0, 0.1) is 6.92 Å². The zero-order valence-corrected chi connectivity index (χ0v) is 14.6. The van der Waals surface area contributed by atoms with Gasteiger partial charge in [0.25, 0.3) is 0 Å². The zero-order chi connectivity index (χ0) is 17.0. The Morgan fingerprint density at radius 1 is 1.21 bits per heavy atom. The summed E-state index contributed by atoms with van der Waals surface area (Å²) in [5, 5.41) is 0. The Hall–Kier alpha value is -1.99. The molecule has 1 saturated heterocycles. The second-order valence-corrected chi connectivity index (χ2v) is 7.92. The van der Waals surface area contributed by atoms with Gasteiger partial charge in [-0.05, 0) is 31.4 Å². The van der Waals surface area contributed by atoms with Crippen molar-refractivity contribution in [2.24, 2.45) is 0 Å². The summed E-state index contributed by atoms with van der Waals surface area (Å²) in [6.45, 7) is 4.05. The molecule has 2 heterocycles. The molecule has 0 unspecified atom stereocenters. The van der Waals surface area contributed by atoms with Gasteiger partial charge in [-0.1, -0.05) is 29.8 Å². The maximum atomic E-state index is 12.3. The van der Waals surface area contributed by atoms with Crippen LogP contribution >= 0.6 is 0 Å². The number of nitrogens with zero attached hydrogens (tertiary/aromatic N) is 3. The quantitative estimate of drug-likeness (QED) is 0.866. The van der Waals surface area contributed by atoms with Gasteiger partial charge in [0.1, 0.15) is 0 Å². The largest absolute Gasteiger partial charge is 0.341 e. The fourth-order valence-corrected chi connectivity index (χ4v) is 3.90. The van der Waals surface area contributed by atoms with E-state index in [1.54, 1.807) is 12.3 Å². The molecule has 0 radical (unpaired) electrons. The monoisotopic (exact) mass is 346 g/mol. The molecule has 0 amide bonds. The third kappa shape index (κ3) is 4.52. The SMILES string of the molecule is Cc1cccc(CS(=O)(=O)NCc2ccnc(N3CCCC3)n2)c1. The van der Waals surface area contributed by atoms with Crippen LogP contribution in [0.3, 0.4) is 0 Å². The molecule has 1 N–H and O–H groups in total. The van der Waals surface area contributed by atoms with Gasteiger partial charge in [-0.15, -0.1) is 0 Å². The Kier molecular flexibility index (Phi) is 5.11. The molecule has 7 heteroatoms. The van der Waals surface area contributed by atoms with Crippen LogP contribution in [0.25, 0.3) is 0 Å². The van der Waals surface area contributed by atoms with Gasteiger partial charge in [0.2, 0.25) is 16.0 Å². The molecule has 1 fully saturated rings. The number of hydrogen-bond donors (Lipinski definition) is 1. The molecule has 2 aromatic rings. The van der Waals surface area contributed by atoms with Crippen molar-refractivity contribution in [2.75, 3.05) is 18.0 Å². The number of nitrogens with one attached hydrogen (secondary N) is 1. The van der Waals surface area contributed by atoms with Crippen LogP contribution in [0.15, 0.2) is 36.5 Å². The Labute approximate surface area is 143 Å². The lowest BCUT2D eigenvalue weighted by atomic mass is 10.2. The van der Waals surface area contributed by atoms with E-state index < -0.39 is 10.0 Å². The Morgan fingerprint density at radius 2 is 2.00 bits per heavy atom. The summed E-state index contributed by atoms with van der Waals surface area (Å²) in [5.74, 6) is 0.654. The van der Waals surface area contributed by atoms with Crippen molar-refractivity contribution in [1.82, 2.24) is 14.7 Å². The Balaban J connectivity index is 1.63. The predicted octanol–water partition coefficient (Wildman–Crippen LogP) is 2.00. The summed E-state index contributed by atoms with van der Waals surface area (Å²) in [6.07, 6.45) is 3.98. The zero-order valence-electron chi connectivity index (χ0n) is 13.8. The van der Waals surface area contributed by atoms with E-state index in [1.165, 1.54) is 0 Å². The topological polar surface area (TPSA) is 75.2 Å². The Morgan fingerprint density at radius 3 is 2.75 bits per heavy atom. The summed E-state index contributed by atoms with van der Waals surface area (Å²) in [4.78, 5) is 10.9. The van der Waals surface area contributed by atoms with E-state index in [1.807, 2.05) is 31.2 Å². The van der Waals surface area contributed by atoms with Crippen LogP contribution in [0.2, 0.25) is 0 Å². The summed E-state index contributed by atoms with van der Waals surface area (Å²) < 4.78 is 27.1. The van der Waals surface area contributed by atoms with Crippen molar-refractivity contribution in [1.29, 1.82) is 0 Å². The smallest absolute Gasteiger partial charge is 0.225 e. The van der Waals surface area contributed by atoms with Crippen molar-refractivity contribution in [3.8, 4) is 0 Å². The third-order valence-electron chi connectivity index (χ3n) is 4.00. The van der Waals surface area contributed by atoms with E-state index in [0.717, 1.165) is 37.1 Å². The molecule has 1 aromatic heterocycles. The Bertz CT molecular complexity index is 802. The second-order valence-electron chi connectivity index (χ2n) is 6.11. The van der Waals surface area contributed by atoms with Crippen LogP contribution in [0.1, 0.15) is 29.7 Å². The van der Waals surface area contributed by atoms with Crippen LogP contribution in [-0.4, -0.2) is 31.5 Å². The minimum Gasteiger partial charge on any atom is -0.341 e. The van der Waals surface area contributed by atoms with E-state index in [-0.39, 0.29) is 12.3 Å². The summed E-state index contributed by atoms with van der Waals surface area (Å²) in [6, 6.07) is 9.27. The molecule has 0 saturated carbocycles. The number of rotatable bonds is 6. The van der Waals surface area contributed by atoms with Crippen molar-refractivity contribution >= 4 is 16.0 Å². The summed E-state index contributed by atoms with van der Waals surface area (Å²) in [5.41, 5.74) is 2.51. The number of benzene rings is 1. The molecular weight excluding hydrogens is 324 g/mol. The summed E-state index contributed by atoms with van der Waals surface area (Å²) in [7, 11) is -3.41. The lowest BCUT2D eigenvalue weighted by molar-refractivity contribution is 0.579. The average molecular weight is 346 g/mol. The number of anilines is 1. The molecule has 3 rings (SSSR count). The van der Waals surface area contributed by atoms with Gasteiger partial charge in [-0.3, -0.25) is 0 Å². The number of sulfonamides is 1. The van der Waals surface area contributed by atoms with E-state index in [4.69, 9.17) is 0 Å². The van der Waals surface area contributed by atoms with Crippen LogP contribution in [0.4, 0.5) is 5.95 Å². The number of aromatic nitrogens is 2. The molecular formula is C17H22N4O2S. The molecule has 0 aliphatic carbocycles. The van der Waals surface area contributed by atoms with Crippen LogP contribution in [0.5, 0.6) is 0 Å². The summed E-state index contributed by atoms with van der Waals surface area (Å²) >= 11 is 0. The first-order chi connectivity index (χ1) is 11.5. The van der Waals surface area contributed by atoms with E-state index in [2.05, 4.69) is 19.6 Å². The minimum absolute atomic E-state index is 0.0290. The maximum absolute atomic E-state index is 12.3. The fourth-order valence-electron chi connectivity index (χ4n) is 2.81. The van der Waals surface area contributed by atoms with E-state index >= 15 is 0 Å². The van der Waals surface area contributed by atoms with Gasteiger partial charge < -0.3 is 4.90 Å². The first kappa shape index (κ1) is 16.9. The molecule has 1 aliphatic heterocycles. The van der Waals surface area contributed by atoms with Gasteiger partial charge in [0.15, 0.2) is 0 Å². The lowest BCUT2D eigenvalue weighted by Gasteiger charge is -2.15. The van der Waals surface area contributed by atoms with Gasteiger partial charge in [0.05, 0.1) is 18.0 Å². The highest BCUT2D eigenvalue weighted by Crippen LogP contribution is 2.15. The highest BCUT2D eigenvalue weighted by molar-refractivity contribution is 7.88. The molecule has 6 nitrogen and oxygen atoms in total. The highest BCUT2D eigenvalue weighted by Gasteiger charge is 2.16. The number of aryl methyl sites for hydroxylation is 1. The van der Waals surface area contributed by atoms with Crippen molar-refractivity contribution < 1.29 is 8.42 Å². The van der Waals surface area contributed by atoms with Crippen LogP contribution in [-0.2, 0) is 22.3 Å². The van der Waals surface area contributed by atoms with Gasteiger partial charge >= 0.3 is 0 Å².